The number of sulfonamides is 1. The van der Waals surface area contributed by atoms with Crippen molar-refractivity contribution in [2.24, 2.45) is 11.8 Å². The maximum Gasteiger partial charge on any atom is 0.252 e. The van der Waals surface area contributed by atoms with E-state index in [-0.39, 0.29) is 17.7 Å². The summed E-state index contributed by atoms with van der Waals surface area (Å²) in [5.41, 5.74) is 0. The monoisotopic (exact) mass is 450 g/mol. The van der Waals surface area contributed by atoms with Crippen LogP contribution in [-0.2, 0) is 19.6 Å². The second-order valence-electron chi connectivity index (χ2n) is 6.53. The van der Waals surface area contributed by atoms with Gasteiger partial charge in [0.2, 0.25) is 5.91 Å². The quantitative estimate of drug-likeness (QED) is 0.705. The van der Waals surface area contributed by atoms with Gasteiger partial charge in [-0.05, 0) is 46.8 Å². The number of thiophene rings is 1. The molecule has 0 N–H and O–H groups in total. The van der Waals surface area contributed by atoms with Gasteiger partial charge < -0.3 is 9.64 Å². The molecule has 0 radical (unpaired) electrons. The Labute approximate surface area is 161 Å². The van der Waals surface area contributed by atoms with Crippen LogP contribution < -0.4 is 0 Å². The van der Waals surface area contributed by atoms with Crippen molar-refractivity contribution in [3.05, 3.63) is 15.9 Å². The van der Waals surface area contributed by atoms with Crippen LogP contribution in [0.5, 0.6) is 0 Å². The summed E-state index contributed by atoms with van der Waals surface area (Å²) >= 11 is 4.55. The van der Waals surface area contributed by atoms with Gasteiger partial charge in [0.25, 0.3) is 10.0 Å². The summed E-state index contributed by atoms with van der Waals surface area (Å²) in [5, 5.41) is 0. The fourth-order valence-corrected chi connectivity index (χ4v) is 7.09. The van der Waals surface area contributed by atoms with E-state index < -0.39 is 10.0 Å². The molecule has 1 amide bonds. The molecule has 0 spiro atoms. The lowest BCUT2D eigenvalue weighted by atomic mass is 9.85. The Balaban J connectivity index is 1.58. The largest absolute Gasteiger partial charge is 0.378 e. The Hall–Kier alpha value is -0.480. The van der Waals surface area contributed by atoms with Crippen molar-refractivity contribution < 1.29 is 17.9 Å². The summed E-state index contributed by atoms with van der Waals surface area (Å²) < 4.78 is 33.4. The van der Waals surface area contributed by atoms with Crippen LogP contribution in [0.1, 0.15) is 19.8 Å². The topological polar surface area (TPSA) is 66.9 Å². The van der Waals surface area contributed by atoms with Gasteiger partial charge >= 0.3 is 0 Å². The average Bonchev–Trinajstić information content (AvgIpc) is 3.08. The number of amides is 1. The number of morpholine rings is 1. The standard InChI is InChI=1S/C16H23BrN2O4S2/c1-12(16(20)18-8-10-23-11-9-18)13-4-6-19(7-5-13)25(21,22)15-3-2-14(17)24-15/h2-3,12-13H,4-11H2,1H3/t12-/m1/s1. The highest BCUT2D eigenvalue weighted by atomic mass is 79.9. The van der Waals surface area contributed by atoms with Crippen molar-refractivity contribution in [2.45, 2.75) is 24.0 Å². The molecule has 1 aromatic heterocycles. The Morgan fingerprint density at radius 1 is 1.24 bits per heavy atom. The number of hydrogen-bond donors (Lipinski definition) is 0. The lowest BCUT2D eigenvalue weighted by Gasteiger charge is -2.36. The number of nitrogens with zero attached hydrogens (tertiary/aromatic N) is 2. The highest BCUT2D eigenvalue weighted by molar-refractivity contribution is 9.11. The fourth-order valence-electron chi connectivity index (χ4n) is 3.45. The highest BCUT2D eigenvalue weighted by Gasteiger charge is 2.35. The van der Waals surface area contributed by atoms with Crippen LogP contribution in [0.4, 0.5) is 0 Å². The van der Waals surface area contributed by atoms with Crippen LogP contribution in [0.25, 0.3) is 0 Å². The molecule has 1 atom stereocenters. The molecule has 0 aromatic carbocycles. The zero-order chi connectivity index (χ0) is 18.0. The molecule has 0 bridgehead atoms. The minimum atomic E-state index is -3.42. The number of rotatable bonds is 4. The van der Waals surface area contributed by atoms with Crippen molar-refractivity contribution in [1.29, 1.82) is 0 Å². The maximum absolute atomic E-state index is 12.7. The third kappa shape index (κ3) is 4.27. The highest BCUT2D eigenvalue weighted by Crippen LogP contribution is 2.33. The molecule has 140 valence electrons. The number of ether oxygens (including phenoxy) is 1. The van der Waals surface area contributed by atoms with E-state index in [9.17, 15) is 13.2 Å². The van der Waals surface area contributed by atoms with Crippen LogP contribution in [0, 0.1) is 11.8 Å². The van der Waals surface area contributed by atoms with Gasteiger partial charge in [-0.15, -0.1) is 11.3 Å². The fraction of sp³-hybridized carbons (Fsp3) is 0.688. The first-order chi connectivity index (χ1) is 11.9. The van der Waals surface area contributed by atoms with E-state index >= 15 is 0 Å². The van der Waals surface area contributed by atoms with Gasteiger partial charge in [-0.2, -0.15) is 4.31 Å². The van der Waals surface area contributed by atoms with E-state index in [1.807, 2.05) is 11.8 Å². The molecule has 0 aliphatic carbocycles. The number of halogens is 1. The molecule has 2 aliphatic rings. The van der Waals surface area contributed by atoms with Gasteiger partial charge in [0.15, 0.2) is 0 Å². The normalized spacial score (nSPS) is 22.1. The second-order valence-corrected chi connectivity index (χ2v) is 11.2. The average molecular weight is 451 g/mol. The number of carbonyl (C=O) groups excluding carboxylic acids is 1. The van der Waals surface area contributed by atoms with Crippen LogP contribution in [0.15, 0.2) is 20.1 Å². The predicted octanol–water partition coefficient (Wildman–Crippen LogP) is 2.41. The molecule has 25 heavy (non-hydrogen) atoms. The Kier molecular flexibility index (Phi) is 6.20. The van der Waals surface area contributed by atoms with Crippen LogP contribution in [-0.4, -0.2) is 62.9 Å². The molecule has 1 aromatic rings. The first kappa shape index (κ1) is 19.3. The van der Waals surface area contributed by atoms with E-state index in [0.717, 1.165) is 16.6 Å². The Morgan fingerprint density at radius 3 is 2.44 bits per heavy atom. The summed E-state index contributed by atoms with van der Waals surface area (Å²) in [6.45, 7) is 5.44. The molecule has 3 heterocycles. The molecule has 6 nitrogen and oxygen atoms in total. The summed E-state index contributed by atoms with van der Waals surface area (Å²) in [4.78, 5) is 14.5. The minimum absolute atomic E-state index is 0.0705. The molecule has 2 fully saturated rings. The summed E-state index contributed by atoms with van der Waals surface area (Å²) in [5.74, 6) is 0.336. The number of piperidine rings is 1. The van der Waals surface area contributed by atoms with Crippen LogP contribution in [0.2, 0.25) is 0 Å². The third-order valence-electron chi connectivity index (χ3n) is 5.06. The van der Waals surface area contributed by atoms with Gasteiger partial charge in [-0.1, -0.05) is 6.92 Å². The van der Waals surface area contributed by atoms with Crippen LogP contribution >= 0.6 is 27.3 Å². The molecular weight excluding hydrogens is 428 g/mol. The van der Waals surface area contributed by atoms with E-state index in [1.54, 1.807) is 16.4 Å². The first-order valence-electron chi connectivity index (χ1n) is 8.51. The zero-order valence-electron chi connectivity index (χ0n) is 14.2. The lowest BCUT2D eigenvalue weighted by molar-refractivity contribution is -0.141. The van der Waals surface area contributed by atoms with E-state index in [0.29, 0.717) is 43.6 Å². The summed E-state index contributed by atoms with van der Waals surface area (Å²) in [7, 11) is -3.42. The summed E-state index contributed by atoms with van der Waals surface area (Å²) in [6.07, 6.45) is 1.45. The van der Waals surface area contributed by atoms with E-state index in [4.69, 9.17) is 4.74 Å². The van der Waals surface area contributed by atoms with Gasteiger partial charge in [0.1, 0.15) is 4.21 Å². The Morgan fingerprint density at radius 2 is 1.88 bits per heavy atom. The van der Waals surface area contributed by atoms with Crippen molar-refractivity contribution in [3.63, 3.8) is 0 Å². The lowest BCUT2D eigenvalue weighted by Crippen LogP contribution is -2.47. The van der Waals surface area contributed by atoms with Crippen molar-refractivity contribution in [3.8, 4) is 0 Å². The molecule has 2 saturated heterocycles. The van der Waals surface area contributed by atoms with Crippen molar-refractivity contribution in [1.82, 2.24) is 9.21 Å². The molecule has 3 rings (SSSR count). The second kappa shape index (κ2) is 8.04. The molecule has 0 unspecified atom stereocenters. The van der Waals surface area contributed by atoms with Crippen LogP contribution in [0.3, 0.4) is 0 Å². The van der Waals surface area contributed by atoms with Crippen molar-refractivity contribution >= 4 is 43.2 Å². The number of carbonyl (C=O) groups is 1. The smallest absolute Gasteiger partial charge is 0.252 e. The van der Waals surface area contributed by atoms with Gasteiger partial charge in [-0.25, -0.2) is 8.42 Å². The van der Waals surface area contributed by atoms with E-state index in [1.165, 1.54) is 11.3 Å². The van der Waals surface area contributed by atoms with Gasteiger partial charge in [0, 0.05) is 32.1 Å². The predicted molar refractivity (Wildman–Crippen MR) is 100 cm³/mol. The Bertz CT molecular complexity index is 707. The SMILES string of the molecule is C[C@@H](C(=O)N1CCOCC1)C1CCN(S(=O)(=O)c2ccc(Br)s2)CC1. The number of hydrogen-bond acceptors (Lipinski definition) is 5. The van der Waals surface area contributed by atoms with Gasteiger partial charge in [-0.3, -0.25) is 4.79 Å². The minimum Gasteiger partial charge on any atom is -0.378 e. The molecule has 0 saturated carbocycles. The summed E-state index contributed by atoms with van der Waals surface area (Å²) in [6, 6.07) is 3.40. The third-order valence-corrected chi connectivity index (χ3v) is 9.05. The maximum atomic E-state index is 12.7. The van der Waals surface area contributed by atoms with Gasteiger partial charge in [0.05, 0.1) is 17.0 Å². The van der Waals surface area contributed by atoms with Crippen molar-refractivity contribution in [2.75, 3.05) is 39.4 Å². The molecular formula is C16H23BrN2O4S2. The first-order valence-corrected chi connectivity index (χ1v) is 11.6. The molecule has 9 heteroatoms. The van der Waals surface area contributed by atoms with E-state index in [2.05, 4.69) is 15.9 Å². The molecule has 2 aliphatic heterocycles. The zero-order valence-corrected chi connectivity index (χ0v) is 17.4.